The fraction of sp³-hybridized carbons (Fsp3) is 0.500. The molecule has 0 unspecified atom stereocenters. The third-order valence-corrected chi connectivity index (χ3v) is 7.98. The van der Waals surface area contributed by atoms with E-state index in [1.165, 1.54) is 24.0 Å². The first kappa shape index (κ1) is 11.2. The van der Waals surface area contributed by atoms with Crippen molar-refractivity contribution in [1.29, 1.82) is 0 Å². The van der Waals surface area contributed by atoms with Gasteiger partial charge in [0.25, 0.3) is 0 Å². The van der Waals surface area contributed by atoms with Gasteiger partial charge in [-0.15, -0.1) is 0 Å². The Kier molecular flexibility index (Phi) is 4.39. The third-order valence-electron chi connectivity index (χ3n) is 2.28. The molecule has 1 rings (SSSR count). The molecule has 0 aromatic heterocycles. The Morgan fingerprint density at radius 3 is 2.38 bits per heavy atom. The molecule has 0 bridgehead atoms. The molecule has 0 atom stereocenters. The van der Waals surface area contributed by atoms with Crippen molar-refractivity contribution in [3.05, 3.63) is 29.3 Å². The molecule has 0 heterocycles. The fourth-order valence-corrected chi connectivity index (χ4v) is 6.11. The van der Waals surface area contributed by atoms with Gasteiger partial charge in [-0.25, -0.2) is 0 Å². The van der Waals surface area contributed by atoms with Crippen molar-refractivity contribution in [1.82, 2.24) is 0 Å². The first-order valence-electron chi connectivity index (χ1n) is 4.92. The van der Waals surface area contributed by atoms with E-state index in [0.717, 1.165) is 0 Å². The number of aryl methyl sites for hydroxylation is 2. The summed E-state index contributed by atoms with van der Waals surface area (Å²) in [5.41, 5.74) is 3.04. The van der Waals surface area contributed by atoms with Crippen LogP contribution in [0.3, 0.4) is 0 Å². The second kappa shape index (κ2) is 5.10. The molecule has 0 radical (unpaired) electrons. The number of rotatable bonds is 3. The molecule has 0 saturated heterocycles. The number of benzene rings is 1. The van der Waals surface area contributed by atoms with Gasteiger partial charge >= 0.3 is 90.3 Å². The summed E-state index contributed by atoms with van der Waals surface area (Å²) in [7, 11) is 0. The third kappa shape index (κ3) is 3.06. The Morgan fingerprint density at radius 1 is 1.23 bits per heavy atom. The maximum absolute atomic E-state index is 2.46. The normalized spacial score (nSPS) is 10.8. The van der Waals surface area contributed by atoms with Gasteiger partial charge in [-0.2, -0.15) is 0 Å². The molecule has 0 nitrogen and oxygen atoms in total. The quantitative estimate of drug-likeness (QED) is 0.716. The summed E-state index contributed by atoms with van der Waals surface area (Å²) in [6.07, 6.45) is 2.48. The maximum atomic E-state index is 2.46. The molecule has 0 aliphatic heterocycles. The number of hydrogen-bond acceptors (Lipinski definition) is 0. The van der Waals surface area contributed by atoms with E-state index in [9.17, 15) is 0 Å². The van der Waals surface area contributed by atoms with E-state index in [2.05, 4.69) is 41.3 Å². The zero-order valence-corrected chi connectivity index (χ0v) is 12.6. The first-order valence-corrected chi connectivity index (χ1v) is 13.6. The molecular formula is C12H19Bi. The molecule has 1 heteroatoms. The Hall–Kier alpha value is 0.103. The van der Waals surface area contributed by atoms with Gasteiger partial charge in [0, 0.05) is 0 Å². The molecule has 0 aliphatic carbocycles. The van der Waals surface area contributed by atoms with Gasteiger partial charge in [-0.1, -0.05) is 0 Å². The van der Waals surface area contributed by atoms with Gasteiger partial charge in [-0.05, 0) is 0 Å². The minimum atomic E-state index is -1.20. The Labute approximate surface area is 90.0 Å². The number of hydrogen-bond donors (Lipinski definition) is 0. The van der Waals surface area contributed by atoms with E-state index in [4.69, 9.17) is 0 Å². The topological polar surface area (TPSA) is 0 Å². The summed E-state index contributed by atoms with van der Waals surface area (Å²) in [4.78, 5) is 0. The van der Waals surface area contributed by atoms with Crippen molar-refractivity contribution in [2.75, 3.05) is 0 Å². The van der Waals surface area contributed by atoms with Crippen LogP contribution in [0.2, 0.25) is 9.26 Å². The van der Waals surface area contributed by atoms with Crippen molar-refractivity contribution in [2.45, 2.75) is 36.0 Å². The fourth-order valence-electron chi connectivity index (χ4n) is 1.66. The van der Waals surface area contributed by atoms with E-state index < -0.39 is 21.8 Å². The van der Waals surface area contributed by atoms with E-state index >= 15 is 0 Å². The van der Waals surface area contributed by atoms with Crippen LogP contribution in [0.5, 0.6) is 0 Å². The summed E-state index contributed by atoms with van der Waals surface area (Å²) in [6, 6.07) is 7.08. The summed E-state index contributed by atoms with van der Waals surface area (Å²) < 4.78 is 6.60. The van der Waals surface area contributed by atoms with Gasteiger partial charge in [0.15, 0.2) is 0 Å². The molecule has 13 heavy (non-hydrogen) atoms. The molecule has 0 fully saturated rings. The minimum absolute atomic E-state index is 1.20. The van der Waals surface area contributed by atoms with Gasteiger partial charge in [0.2, 0.25) is 0 Å². The average molecular weight is 372 g/mol. The molecule has 0 amide bonds. The predicted octanol–water partition coefficient (Wildman–Crippen LogP) is 2.91. The van der Waals surface area contributed by atoms with Crippen molar-refractivity contribution in [3.8, 4) is 0 Å². The van der Waals surface area contributed by atoms with E-state index in [0.29, 0.717) is 0 Å². The molecule has 1 aromatic rings. The average Bonchev–Trinajstić information content (AvgIpc) is 2.04. The van der Waals surface area contributed by atoms with Crippen LogP contribution in [0, 0.1) is 6.92 Å². The van der Waals surface area contributed by atoms with Gasteiger partial charge in [0.05, 0.1) is 0 Å². The van der Waals surface area contributed by atoms with Gasteiger partial charge in [-0.3, -0.25) is 0 Å². The van der Waals surface area contributed by atoms with Crippen LogP contribution in [-0.2, 0) is 6.42 Å². The van der Waals surface area contributed by atoms with E-state index in [1.54, 1.807) is 3.27 Å². The monoisotopic (exact) mass is 372 g/mol. The van der Waals surface area contributed by atoms with Crippen LogP contribution in [0.4, 0.5) is 0 Å². The van der Waals surface area contributed by atoms with E-state index in [-0.39, 0.29) is 0 Å². The Morgan fingerprint density at radius 2 is 1.92 bits per heavy atom. The van der Waals surface area contributed by atoms with E-state index in [1.807, 2.05) is 0 Å². The zero-order chi connectivity index (χ0) is 9.84. The summed E-state index contributed by atoms with van der Waals surface area (Å²) in [6.45, 7) is 4.51. The molecule has 0 aliphatic rings. The van der Waals surface area contributed by atoms with Crippen molar-refractivity contribution < 1.29 is 0 Å². The summed E-state index contributed by atoms with van der Waals surface area (Å²) in [5.74, 6) is 0. The molecule has 72 valence electrons. The van der Waals surface area contributed by atoms with Crippen LogP contribution in [0.1, 0.15) is 24.5 Å². The molecule has 0 saturated carbocycles. The second-order valence-electron chi connectivity index (χ2n) is 3.77. The molecule has 1 aromatic carbocycles. The van der Waals surface area contributed by atoms with Crippen LogP contribution in [0.25, 0.3) is 0 Å². The van der Waals surface area contributed by atoms with Crippen LogP contribution in [0.15, 0.2) is 18.2 Å². The SMILES string of the molecule is CCCc1cc[c]([Bi]([CH3])[CH3])c(C)c1. The molecule has 0 N–H and O–H groups in total. The van der Waals surface area contributed by atoms with Crippen LogP contribution < -0.4 is 3.27 Å². The molecular weight excluding hydrogens is 353 g/mol. The van der Waals surface area contributed by atoms with Crippen LogP contribution in [-0.4, -0.2) is 21.8 Å². The predicted molar refractivity (Wildman–Crippen MR) is 62.3 cm³/mol. The Bertz CT molecular complexity index is 276. The standard InChI is InChI=1S/C10H13.2CH3.Bi/c1-3-5-10-7-4-6-9(2)8-10;;;/h4,7-8H,3,5H2,1-2H3;2*1H3;. The van der Waals surface area contributed by atoms with Crippen molar-refractivity contribution in [2.24, 2.45) is 0 Å². The van der Waals surface area contributed by atoms with Gasteiger partial charge < -0.3 is 0 Å². The van der Waals surface area contributed by atoms with Crippen molar-refractivity contribution in [3.63, 3.8) is 0 Å². The summed E-state index contributed by atoms with van der Waals surface area (Å²) in [5, 5.41) is 0. The molecule has 0 spiro atoms. The summed E-state index contributed by atoms with van der Waals surface area (Å²) >= 11 is -1.20. The van der Waals surface area contributed by atoms with Gasteiger partial charge in [0.1, 0.15) is 0 Å². The first-order chi connectivity index (χ1) is 6.15. The second-order valence-corrected chi connectivity index (χ2v) is 12.6. The van der Waals surface area contributed by atoms with Crippen molar-refractivity contribution >= 4 is 25.0 Å². The zero-order valence-electron chi connectivity index (χ0n) is 9.09. The van der Waals surface area contributed by atoms with Crippen LogP contribution >= 0.6 is 0 Å². The Balaban J connectivity index is 2.92.